The van der Waals surface area contributed by atoms with Crippen LogP contribution in [0.1, 0.15) is 38.5 Å². The molecule has 1 saturated carbocycles. The third-order valence-corrected chi connectivity index (χ3v) is 4.45. The van der Waals surface area contributed by atoms with Crippen molar-refractivity contribution in [1.29, 1.82) is 0 Å². The molecule has 1 fully saturated rings. The summed E-state index contributed by atoms with van der Waals surface area (Å²) in [5, 5.41) is 3.50. The van der Waals surface area contributed by atoms with Gasteiger partial charge in [0.2, 0.25) is 0 Å². The van der Waals surface area contributed by atoms with Gasteiger partial charge in [-0.3, -0.25) is 0 Å². The van der Waals surface area contributed by atoms with E-state index in [1.54, 1.807) is 0 Å². The fraction of sp³-hybridized carbons (Fsp3) is 0.857. The van der Waals surface area contributed by atoms with E-state index in [9.17, 15) is 0 Å². The molecule has 98 valence electrons. The molecular formula is C14H26N2O. The van der Waals surface area contributed by atoms with Crippen LogP contribution in [0, 0.1) is 0 Å². The molecule has 1 aliphatic heterocycles. The van der Waals surface area contributed by atoms with Crippen molar-refractivity contribution in [3.8, 4) is 0 Å². The third kappa shape index (κ3) is 2.36. The molecule has 2 aliphatic rings. The van der Waals surface area contributed by atoms with Gasteiger partial charge in [-0.1, -0.05) is 19.3 Å². The van der Waals surface area contributed by atoms with E-state index in [0.717, 1.165) is 13.0 Å². The van der Waals surface area contributed by atoms with Gasteiger partial charge in [0, 0.05) is 12.0 Å². The van der Waals surface area contributed by atoms with Crippen LogP contribution in [0.5, 0.6) is 0 Å². The van der Waals surface area contributed by atoms with E-state index in [2.05, 4.69) is 37.4 Å². The van der Waals surface area contributed by atoms with E-state index in [4.69, 9.17) is 4.74 Å². The lowest BCUT2D eigenvalue weighted by molar-refractivity contribution is 0.0491. The normalized spacial score (nSPS) is 25.5. The molecule has 0 saturated heterocycles. The molecule has 0 spiro atoms. The fourth-order valence-corrected chi connectivity index (χ4v) is 3.47. The lowest BCUT2D eigenvalue weighted by Crippen LogP contribution is -2.60. The Labute approximate surface area is 105 Å². The maximum absolute atomic E-state index is 5.81. The van der Waals surface area contributed by atoms with Gasteiger partial charge < -0.3 is 15.0 Å². The molecular weight excluding hydrogens is 212 g/mol. The number of ether oxygens (including phenoxy) is 1. The standard InChI is InChI=1S/C14H26N2O/c1-15-13(12-8-7-11-17-12)14(16(2)3)9-5-4-6-10-14/h8,13,15H,4-7,9-11H2,1-3H3. The minimum Gasteiger partial charge on any atom is -0.496 e. The Hall–Kier alpha value is -0.540. The summed E-state index contributed by atoms with van der Waals surface area (Å²) in [6.07, 6.45) is 9.93. The molecule has 0 aromatic carbocycles. The Bertz CT molecular complexity index is 280. The predicted octanol–water partition coefficient (Wildman–Crippen LogP) is 2.14. The Balaban J connectivity index is 2.23. The van der Waals surface area contributed by atoms with Crippen LogP contribution < -0.4 is 5.32 Å². The van der Waals surface area contributed by atoms with Gasteiger partial charge in [0.1, 0.15) is 5.76 Å². The lowest BCUT2D eigenvalue weighted by Gasteiger charge is -2.48. The zero-order valence-corrected chi connectivity index (χ0v) is 11.5. The van der Waals surface area contributed by atoms with Crippen molar-refractivity contribution in [3.05, 3.63) is 11.8 Å². The highest BCUT2D eigenvalue weighted by Crippen LogP contribution is 2.38. The van der Waals surface area contributed by atoms with Gasteiger partial charge in [-0.2, -0.15) is 0 Å². The van der Waals surface area contributed by atoms with Crippen LogP contribution in [-0.2, 0) is 4.74 Å². The number of rotatable bonds is 4. The van der Waals surface area contributed by atoms with E-state index in [-0.39, 0.29) is 5.54 Å². The van der Waals surface area contributed by atoms with Crippen LogP contribution in [0.2, 0.25) is 0 Å². The van der Waals surface area contributed by atoms with Crippen LogP contribution in [-0.4, -0.2) is 44.2 Å². The van der Waals surface area contributed by atoms with E-state index in [0.29, 0.717) is 6.04 Å². The van der Waals surface area contributed by atoms with Crippen LogP contribution >= 0.6 is 0 Å². The second-order valence-electron chi connectivity index (χ2n) is 5.52. The van der Waals surface area contributed by atoms with Gasteiger partial charge in [0.15, 0.2) is 0 Å². The van der Waals surface area contributed by atoms with Gasteiger partial charge in [0.25, 0.3) is 0 Å². The summed E-state index contributed by atoms with van der Waals surface area (Å²) in [7, 11) is 6.49. The summed E-state index contributed by atoms with van der Waals surface area (Å²) in [6, 6.07) is 0.347. The van der Waals surface area contributed by atoms with Gasteiger partial charge in [-0.15, -0.1) is 0 Å². The van der Waals surface area contributed by atoms with Gasteiger partial charge in [-0.25, -0.2) is 0 Å². The number of hydrogen-bond donors (Lipinski definition) is 1. The average Bonchev–Trinajstić information content (AvgIpc) is 2.84. The molecule has 1 aliphatic carbocycles. The molecule has 0 aromatic heterocycles. The van der Waals surface area contributed by atoms with Crippen molar-refractivity contribution in [1.82, 2.24) is 10.2 Å². The van der Waals surface area contributed by atoms with E-state index < -0.39 is 0 Å². The zero-order chi connectivity index (χ0) is 12.3. The van der Waals surface area contributed by atoms with E-state index >= 15 is 0 Å². The number of nitrogens with zero attached hydrogens (tertiary/aromatic N) is 1. The highest BCUT2D eigenvalue weighted by atomic mass is 16.5. The fourth-order valence-electron chi connectivity index (χ4n) is 3.47. The summed E-state index contributed by atoms with van der Waals surface area (Å²) >= 11 is 0. The molecule has 1 unspecified atom stereocenters. The molecule has 0 amide bonds. The topological polar surface area (TPSA) is 24.5 Å². The van der Waals surface area contributed by atoms with Crippen LogP contribution in [0.25, 0.3) is 0 Å². The van der Waals surface area contributed by atoms with Crippen molar-refractivity contribution in [3.63, 3.8) is 0 Å². The Morgan fingerprint density at radius 3 is 2.47 bits per heavy atom. The molecule has 3 nitrogen and oxygen atoms in total. The lowest BCUT2D eigenvalue weighted by atomic mass is 9.74. The van der Waals surface area contributed by atoms with Gasteiger partial charge in [0.05, 0.1) is 12.6 Å². The SMILES string of the molecule is CNC(C1=CCCO1)C1(N(C)C)CCCCC1. The van der Waals surface area contributed by atoms with E-state index in [1.807, 2.05) is 0 Å². The first kappa shape index (κ1) is 12.9. The minimum absolute atomic E-state index is 0.239. The van der Waals surface area contributed by atoms with Crippen LogP contribution in [0.3, 0.4) is 0 Å². The first-order valence-electron chi connectivity index (χ1n) is 6.88. The molecule has 1 N–H and O–H groups in total. The Morgan fingerprint density at radius 1 is 1.29 bits per heavy atom. The summed E-state index contributed by atoms with van der Waals surface area (Å²) in [6.45, 7) is 0.858. The molecule has 17 heavy (non-hydrogen) atoms. The highest BCUT2D eigenvalue weighted by molar-refractivity contribution is 5.17. The second-order valence-corrected chi connectivity index (χ2v) is 5.52. The number of likely N-dealkylation sites (N-methyl/N-ethyl adjacent to an activating group) is 2. The monoisotopic (exact) mass is 238 g/mol. The van der Waals surface area contributed by atoms with Crippen LogP contribution in [0.15, 0.2) is 11.8 Å². The summed E-state index contributed by atoms with van der Waals surface area (Å²) < 4.78 is 5.81. The van der Waals surface area contributed by atoms with Gasteiger partial charge in [-0.05, 0) is 40.1 Å². The summed E-state index contributed by atoms with van der Waals surface area (Å²) in [5.74, 6) is 1.17. The first-order valence-corrected chi connectivity index (χ1v) is 6.88. The van der Waals surface area contributed by atoms with Crippen LogP contribution in [0.4, 0.5) is 0 Å². The van der Waals surface area contributed by atoms with Crippen molar-refractivity contribution >= 4 is 0 Å². The number of hydrogen-bond acceptors (Lipinski definition) is 3. The van der Waals surface area contributed by atoms with Crippen molar-refractivity contribution in [2.75, 3.05) is 27.7 Å². The Morgan fingerprint density at radius 2 is 2.00 bits per heavy atom. The zero-order valence-electron chi connectivity index (χ0n) is 11.5. The summed E-state index contributed by atoms with van der Waals surface area (Å²) in [4.78, 5) is 2.41. The van der Waals surface area contributed by atoms with Gasteiger partial charge >= 0.3 is 0 Å². The largest absolute Gasteiger partial charge is 0.496 e. The quantitative estimate of drug-likeness (QED) is 0.812. The average molecular weight is 238 g/mol. The first-order chi connectivity index (χ1) is 8.20. The summed E-state index contributed by atoms with van der Waals surface area (Å²) in [5.41, 5.74) is 0.239. The molecule has 0 radical (unpaired) electrons. The highest BCUT2D eigenvalue weighted by Gasteiger charge is 2.43. The number of nitrogens with one attached hydrogen (secondary N) is 1. The van der Waals surface area contributed by atoms with E-state index in [1.165, 1.54) is 37.9 Å². The maximum atomic E-state index is 5.81. The Kier molecular flexibility index (Phi) is 4.10. The van der Waals surface area contributed by atoms with Crippen molar-refractivity contribution in [2.24, 2.45) is 0 Å². The molecule has 1 atom stereocenters. The molecule has 0 bridgehead atoms. The maximum Gasteiger partial charge on any atom is 0.111 e. The molecule has 2 rings (SSSR count). The molecule has 1 heterocycles. The minimum atomic E-state index is 0.239. The van der Waals surface area contributed by atoms with Crippen molar-refractivity contribution in [2.45, 2.75) is 50.1 Å². The smallest absolute Gasteiger partial charge is 0.111 e. The second kappa shape index (κ2) is 5.40. The molecule has 0 aromatic rings. The third-order valence-electron chi connectivity index (χ3n) is 4.45. The van der Waals surface area contributed by atoms with Crippen molar-refractivity contribution < 1.29 is 4.74 Å². The predicted molar refractivity (Wildman–Crippen MR) is 71.0 cm³/mol. The molecule has 3 heteroatoms.